The number of nitrogens with zero attached hydrogens (tertiary/aromatic N) is 1. The minimum atomic E-state index is 0.432. The predicted octanol–water partition coefficient (Wildman–Crippen LogP) is 0.566. The van der Waals surface area contributed by atoms with Crippen molar-refractivity contribution in [1.82, 2.24) is 4.98 Å². The van der Waals surface area contributed by atoms with Crippen LogP contribution in [0.15, 0.2) is 18.3 Å². The summed E-state index contributed by atoms with van der Waals surface area (Å²) in [6.07, 6.45) is 1.68. The molecule has 0 aliphatic rings. The second-order valence-corrected chi connectivity index (χ2v) is 2.53. The van der Waals surface area contributed by atoms with Crippen molar-refractivity contribution in [2.75, 3.05) is 20.3 Å². The molecule has 0 unspecified atom stereocenters. The quantitative estimate of drug-likeness (QED) is 0.676. The number of methoxy groups -OCH3 is 1. The van der Waals surface area contributed by atoms with Gasteiger partial charge in [0.1, 0.15) is 12.4 Å². The standard InChI is InChI=1S/C9H14N2O2/c1-12-4-5-13-9-2-3-11-8(6-9)7-10/h2-3,6H,4-5,7,10H2,1H3. The Morgan fingerprint density at radius 1 is 1.46 bits per heavy atom. The van der Waals surface area contributed by atoms with Gasteiger partial charge in [-0.15, -0.1) is 0 Å². The Labute approximate surface area is 77.7 Å². The van der Waals surface area contributed by atoms with Crippen LogP contribution in [0.25, 0.3) is 0 Å². The molecule has 4 nitrogen and oxygen atoms in total. The highest BCUT2D eigenvalue weighted by Crippen LogP contribution is 2.09. The molecule has 2 N–H and O–H groups in total. The average molecular weight is 182 g/mol. The fourth-order valence-corrected chi connectivity index (χ4v) is 0.900. The van der Waals surface area contributed by atoms with Crippen molar-refractivity contribution in [3.05, 3.63) is 24.0 Å². The smallest absolute Gasteiger partial charge is 0.122 e. The molecule has 72 valence electrons. The third kappa shape index (κ3) is 3.40. The van der Waals surface area contributed by atoms with E-state index in [-0.39, 0.29) is 0 Å². The van der Waals surface area contributed by atoms with E-state index in [0.29, 0.717) is 19.8 Å². The predicted molar refractivity (Wildman–Crippen MR) is 49.5 cm³/mol. The Morgan fingerprint density at radius 2 is 2.31 bits per heavy atom. The molecule has 0 fully saturated rings. The fraction of sp³-hybridized carbons (Fsp3) is 0.444. The Balaban J connectivity index is 2.46. The lowest BCUT2D eigenvalue weighted by Gasteiger charge is -2.05. The van der Waals surface area contributed by atoms with Crippen LogP contribution in [-0.2, 0) is 11.3 Å². The molecular formula is C9H14N2O2. The zero-order valence-electron chi connectivity index (χ0n) is 7.69. The largest absolute Gasteiger partial charge is 0.491 e. The molecule has 0 aromatic carbocycles. The molecule has 1 aromatic rings. The summed E-state index contributed by atoms with van der Waals surface area (Å²) < 4.78 is 10.2. The number of hydrogen-bond acceptors (Lipinski definition) is 4. The Kier molecular flexibility index (Phi) is 4.21. The third-order valence-electron chi connectivity index (χ3n) is 1.55. The minimum absolute atomic E-state index is 0.432. The van der Waals surface area contributed by atoms with E-state index in [1.54, 1.807) is 19.4 Å². The first kappa shape index (κ1) is 9.95. The lowest BCUT2D eigenvalue weighted by atomic mass is 10.3. The molecule has 13 heavy (non-hydrogen) atoms. The van der Waals surface area contributed by atoms with Crippen molar-refractivity contribution in [2.45, 2.75) is 6.54 Å². The van der Waals surface area contributed by atoms with Gasteiger partial charge in [-0.2, -0.15) is 0 Å². The molecule has 4 heteroatoms. The number of nitrogens with two attached hydrogens (primary N) is 1. The first-order valence-electron chi connectivity index (χ1n) is 4.13. The van der Waals surface area contributed by atoms with Crippen LogP contribution < -0.4 is 10.5 Å². The summed E-state index contributed by atoms with van der Waals surface area (Å²) in [4.78, 5) is 4.05. The van der Waals surface area contributed by atoms with Crippen LogP contribution in [0.2, 0.25) is 0 Å². The van der Waals surface area contributed by atoms with Crippen molar-refractivity contribution >= 4 is 0 Å². The Morgan fingerprint density at radius 3 is 3.00 bits per heavy atom. The number of aromatic nitrogens is 1. The zero-order chi connectivity index (χ0) is 9.52. The van der Waals surface area contributed by atoms with Crippen LogP contribution in [0.5, 0.6) is 5.75 Å². The van der Waals surface area contributed by atoms with Gasteiger partial charge in [-0.3, -0.25) is 4.98 Å². The van der Waals surface area contributed by atoms with E-state index in [4.69, 9.17) is 15.2 Å². The molecule has 0 saturated carbocycles. The summed E-state index contributed by atoms with van der Waals surface area (Å²) in [6, 6.07) is 3.63. The van der Waals surface area contributed by atoms with Crippen molar-refractivity contribution in [2.24, 2.45) is 5.73 Å². The minimum Gasteiger partial charge on any atom is -0.491 e. The van der Waals surface area contributed by atoms with E-state index >= 15 is 0 Å². The monoisotopic (exact) mass is 182 g/mol. The molecule has 0 spiro atoms. The van der Waals surface area contributed by atoms with Gasteiger partial charge >= 0.3 is 0 Å². The van der Waals surface area contributed by atoms with E-state index in [9.17, 15) is 0 Å². The number of rotatable bonds is 5. The first-order chi connectivity index (χ1) is 6.36. The zero-order valence-corrected chi connectivity index (χ0v) is 7.69. The lowest BCUT2D eigenvalue weighted by molar-refractivity contribution is 0.146. The van der Waals surface area contributed by atoms with Gasteiger partial charge in [0, 0.05) is 25.9 Å². The van der Waals surface area contributed by atoms with Gasteiger partial charge in [0.25, 0.3) is 0 Å². The lowest BCUT2D eigenvalue weighted by Crippen LogP contribution is -2.05. The molecule has 0 bridgehead atoms. The Bertz CT molecular complexity index is 253. The van der Waals surface area contributed by atoms with Gasteiger partial charge in [-0.25, -0.2) is 0 Å². The van der Waals surface area contributed by atoms with E-state index in [0.717, 1.165) is 11.4 Å². The van der Waals surface area contributed by atoms with Gasteiger partial charge in [0.05, 0.1) is 12.3 Å². The highest BCUT2D eigenvalue weighted by Gasteiger charge is 1.95. The molecule has 1 aromatic heterocycles. The van der Waals surface area contributed by atoms with E-state index in [1.807, 2.05) is 6.07 Å². The van der Waals surface area contributed by atoms with Crippen molar-refractivity contribution in [3.8, 4) is 5.75 Å². The summed E-state index contributed by atoms with van der Waals surface area (Å²) >= 11 is 0. The molecule has 0 atom stereocenters. The van der Waals surface area contributed by atoms with Crippen LogP contribution in [0.4, 0.5) is 0 Å². The van der Waals surface area contributed by atoms with Crippen LogP contribution >= 0.6 is 0 Å². The van der Waals surface area contributed by atoms with E-state index in [1.165, 1.54) is 0 Å². The number of hydrogen-bond donors (Lipinski definition) is 1. The van der Waals surface area contributed by atoms with Crippen LogP contribution in [-0.4, -0.2) is 25.3 Å². The topological polar surface area (TPSA) is 57.4 Å². The number of pyridine rings is 1. The molecule has 0 saturated heterocycles. The first-order valence-corrected chi connectivity index (χ1v) is 4.13. The van der Waals surface area contributed by atoms with E-state index in [2.05, 4.69) is 4.98 Å². The van der Waals surface area contributed by atoms with Crippen LogP contribution in [0.3, 0.4) is 0 Å². The molecular weight excluding hydrogens is 168 g/mol. The summed E-state index contributed by atoms with van der Waals surface area (Å²) in [7, 11) is 1.64. The van der Waals surface area contributed by atoms with Gasteiger partial charge < -0.3 is 15.2 Å². The van der Waals surface area contributed by atoms with Crippen LogP contribution in [0.1, 0.15) is 5.69 Å². The molecule has 1 rings (SSSR count). The molecule has 1 heterocycles. The maximum Gasteiger partial charge on any atom is 0.122 e. The third-order valence-corrected chi connectivity index (χ3v) is 1.55. The number of ether oxygens (including phenoxy) is 2. The van der Waals surface area contributed by atoms with Gasteiger partial charge in [-0.05, 0) is 6.07 Å². The van der Waals surface area contributed by atoms with Gasteiger partial charge in [-0.1, -0.05) is 0 Å². The highest BCUT2D eigenvalue weighted by molar-refractivity contribution is 5.22. The summed E-state index contributed by atoms with van der Waals surface area (Å²) in [5.74, 6) is 0.785. The maximum absolute atomic E-state index is 5.43. The molecule has 0 radical (unpaired) electrons. The molecule has 0 aliphatic carbocycles. The SMILES string of the molecule is COCCOc1ccnc(CN)c1. The Hall–Kier alpha value is -1.13. The van der Waals surface area contributed by atoms with E-state index < -0.39 is 0 Å². The molecule has 0 amide bonds. The molecule has 0 aliphatic heterocycles. The van der Waals surface area contributed by atoms with Crippen LogP contribution in [0, 0.1) is 0 Å². The average Bonchev–Trinajstić information content (AvgIpc) is 2.19. The normalized spacial score (nSPS) is 10.0. The summed E-state index contributed by atoms with van der Waals surface area (Å²) in [5.41, 5.74) is 6.26. The fourth-order valence-electron chi connectivity index (χ4n) is 0.900. The second-order valence-electron chi connectivity index (χ2n) is 2.53. The van der Waals surface area contributed by atoms with Crippen molar-refractivity contribution in [3.63, 3.8) is 0 Å². The second kappa shape index (κ2) is 5.50. The van der Waals surface area contributed by atoms with Gasteiger partial charge in [0.2, 0.25) is 0 Å². The van der Waals surface area contributed by atoms with Crippen molar-refractivity contribution < 1.29 is 9.47 Å². The summed E-state index contributed by atoms with van der Waals surface area (Å²) in [5, 5.41) is 0. The van der Waals surface area contributed by atoms with Gasteiger partial charge in [0.15, 0.2) is 0 Å². The maximum atomic E-state index is 5.43. The highest BCUT2D eigenvalue weighted by atomic mass is 16.5. The van der Waals surface area contributed by atoms with Crippen molar-refractivity contribution in [1.29, 1.82) is 0 Å². The summed E-state index contributed by atoms with van der Waals surface area (Å²) in [6.45, 7) is 1.56.